The van der Waals surface area contributed by atoms with Crippen LogP contribution in [0.4, 0.5) is 5.69 Å². The summed E-state index contributed by atoms with van der Waals surface area (Å²) in [6, 6.07) is 9.79. The van der Waals surface area contributed by atoms with Crippen LogP contribution in [0.3, 0.4) is 0 Å². The molecule has 2 rings (SSSR count). The van der Waals surface area contributed by atoms with E-state index < -0.39 is 0 Å². The van der Waals surface area contributed by atoms with E-state index >= 15 is 0 Å². The quantitative estimate of drug-likeness (QED) is 0.871. The molecule has 21 heavy (non-hydrogen) atoms. The molecule has 1 fully saturated rings. The second kappa shape index (κ2) is 6.83. The van der Waals surface area contributed by atoms with Crippen molar-refractivity contribution in [2.75, 3.05) is 11.9 Å². The van der Waals surface area contributed by atoms with E-state index in [9.17, 15) is 0 Å². The van der Waals surface area contributed by atoms with E-state index in [4.69, 9.17) is 0 Å². The van der Waals surface area contributed by atoms with Gasteiger partial charge in [-0.1, -0.05) is 31.9 Å². The molecule has 0 aliphatic heterocycles. The molecule has 0 radical (unpaired) electrons. The van der Waals surface area contributed by atoms with Crippen molar-refractivity contribution in [1.29, 1.82) is 0 Å². The lowest BCUT2D eigenvalue weighted by Crippen LogP contribution is -2.39. The highest BCUT2D eigenvalue weighted by Crippen LogP contribution is 2.30. The van der Waals surface area contributed by atoms with Gasteiger partial charge >= 0.3 is 0 Å². The van der Waals surface area contributed by atoms with Crippen LogP contribution in [0.15, 0.2) is 24.3 Å². The van der Waals surface area contributed by atoms with Crippen LogP contribution < -0.4 is 10.2 Å². The van der Waals surface area contributed by atoms with E-state index in [-0.39, 0.29) is 5.54 Å². The molecule has 0 aromatic heterocycles. The lowest BCUT2D eigenvalue weighted by atomic mass is 9.85. The summed E-state index contributed by atoms with van der Waals surface area (Å²) in [5.41, 5.74) is 2.89. The minimum absolute atomic E-state index is 0.174. The van der Waals surface area contributed by atoms with Crippen LogP contribution in [0, 0.1) is 5.92 Å². The highest BCUT2D eigenvalue weighted by molar-refractivity contribution is 5.48. The average molecular weight is 288 g/mol. The summed E-state index contributed by atoms with van der Waals surface area (Å²) in [5, 5.41) is 3.54. The Kier molecular flexibility index (Phi) is 5.32. The number of hydrogen-bond donors (Lipinski definition) is 1. The number of nitrogens with one attached hydrogen (secondary N) is 1. The highest BCUT2D eigenvalue weighted by atomic mass is 15.1. The molecule has 0 heterocycles. The maximum absolute atomic E-state index is 3.54. The largest absolute Gasteiger partial charge is 0.371 e. The SMILES string of the molecule is CC1CCCCC1N(C)c1ccc(CNC(C)(C)C)cc1. The fourth-order valence-corrected chi connectivity index (χ4v) is 3.28. The van der Waals surface area contributed by atoms with E-state index in [1.54, 1.807) is 0 Å². The van der Waals surface area contributed by atoms with Crippen molar-refractivity contribution in [3.63, 3.8) is 0 Å². The van der Waals surface area contributed by atoms with E-state index in [1.165, 1.54) is 36.9 Å². The van der Waals surface area contributed by atoms with Crippen molar-refractivity contribution >= 4 is 5.69 Å². The second-order valence-corrected chi connectivity index (χ2v) is 7.71. The molecule has 0 saturated heterocycles. The van der Waals surface area contributed by atoms with Gasteiger partial charge in [-0.15, -0.1) is 0 Å². The van der Waals surface area contributed by atoms with Gasteiger partial charge in [0, 0.05) is 30.9 Å². The normalized spacial score (nSPS) is 23.1. The van der Waals surface area contributed by atoms with E-state index in [0.29, 0.717) is 6.04 Å². The second-order valence-electron chi connectivity index (χ2n) is 7.71. The maximum Gasteiger partial charge on any atom is 0.0366 e. The molecule has 2 nitrogen and oxygen atoms in total. The van der Waals surface area contributed by atoms with Crippen LogP contribution in [0.25, 0.3) is 0 Å². The van der Waals surface area contributed by atoms with Gasteiger partial charge in [0.15, 0.2) is 0 Å². The van der Waals surface area contributed by atoms with Gasteiger partial charge < -0.3 is 10.2 Å². The maximum atomic E-state index is 3.54. The van der Waals surface area contributed by atoms with Gasteiger partial charge in [0.1, 0.15) is 0 Å². The average Bonchev–Trinajstić information content (AvgIpc) is 2.45. The summed E-state index contributed by atoms with van der Waals surface area (Å²) >= 11 is 0. The van der Waals surface area contributed by atoms with Crippen LogP contribution in [0.5, 0.6) is 0 Å². The summed E-state index contributed by atoms with van der Waals surface area (Å²) in [7, 11) is 2.26. The fraction of sp³-hybridized carbons (Fsp3) is 0.684. The minimum Gasteiger partial charge on any atom is -0.371 e. The lowest BCUT2D eigenvalue weighted by Gasteiger charge is -2.37. The van der Waals surface area contributed by atoms with Gasteiger partial charge in [-0.05, 0) is 57.2 Å². The molecule has 1 N–H and O–H groups in total. The van der Waals surface area contributed by atoms with Crippen LogP contribution in [0.2, 0.25) is 0 Å². The molecule has 1 aliphatic rings. The van der Waals surface area contributed by atoms with Crippen molar-refractivity contribution in [3.05, 3.63) is 29.8 Å². The molecular weight excluding hydrogens is 256 g/mol. The van der Waals surface area contributed by atoms with Gasteiger partial charge in [0.25, 0.3) is 0 Å². The number of benzene rings is 1. The first-order chi connectivity index (χ1) is 9.87. The van der Waals surface area contributed by atoms with Gasteiger partial charge in [0.2, 0.25) is 0 Å². The highest BCUT2D eigenvalue weighted by Gasteiger charge is 2.25. The third-order valence-corrected chi connectivity index (χ3v) is 4.73. The van der Waals surface area contributed by atoms with Crippen LogP contribution in [-0.2, 0) is 6.54 Å². The predicted octanol–water partition coefficient (Wildman–Crippen LogP) is 4.59. The summed E-state index contributed by atoms with van der Waals surface area (Å²) in [5.74, 6) is 0.811. The Morgan fingerprint density at radius 3 is 2.29 bits per heavy atom. The zero-order chi connectivity index (χ0) is 15.5. The molecule has 2 atom stereocenters. The first-order valence-electron chi connectivity index (χ1n) is 8.43. The number of hydrogen-bond acceptors (Lipinski definition) is 2. The fourth-order valence-electron chi connectivity index (χ4n) is 3.28. The van der Waals surface area contributed by atoms with Crippen molar-refractivity contribution in [1.82, 2.24) is 5.32 Å². The molecule has 2 heteroatoms. The molecule has 0 bridgehead atoms. The molecule has 0 spiro atoms. The first-order valence-corrected chi connectivity index (χ1v) is 8.43. The molecule has 2 unspecified atom stereocenters. The Morgan fingerprint density at radius 1 is 1.10 bits per heavy atom. The molecule has 1 aromatic carbocycles. The van der Waals surface area contributed by atoms with Crippen molar-refractivity contribution in [2.24, 2.45) is 5.92 Å². The number of rotatable bonds is 4. The summed E-state index contributed by atoms with van der Waals surface area (Å²) in [4.78, 5) is 2.49. The predicted molar refractivity (Wildman–Crippen MR) is 92.9 cm³/mol. The topological polar surface area (TPSA) is 15.3 Å². The standard InChI is InChI=1S/C19H32N2/c1-15-8-6-7-9-18(15)21(5)17-12-10-16(11-13-17)14-20-19(2,3)4/h10-13,15,18,20H,6-9,14H2,1-5H3. The number of anilines is 1. The third kappa shape index (κ3) is 4.74. The molecule has 1 aliphatic carbocycles. The Morgan fingerprint density at radius 2 is 1.71 bits per heavy atom. The zero-order valence-corrected chi connectivity index (χ0v) is 14.4. The van der Waals surface area contributed by atoms with Crippen LogP contribution in [-0.4, -0.2) is 18.6 Å². The molecule has 0 amide bonds. The van der Waals surface area contributed by atoms with E-state index in [2.05, 4.69) is 69.2 Å². The van der Waals surface area contributed by atoms with Gasteiger partial charge in [-0.2, -0.15) is 0 Å². The monoisotopic (exact) mass is 288 g/mol. The van der Waals surface area contributed by atoms with Crippen molar-refractivity contribution < 1.29 is 0 Å². The summed E-state index contributed by atoms with van der Waals surface area (Å²) < 4.78 is 0. The Hall–Kier alpha value is -1.02. The molecular formula is C19H32N2. The van der Waals surface area contributed by atoms with E-state index in [0.717, 1.165) is 12.5 Å². The molecule has 1 aromatic rings. The Balaban J connectivity index is 1.97. The van der Waals surface area contributed by atoms with Gasteiger partial charge in [-0.3, -0.25) is 0 Å². The lowest BCUT2D eigenvalue weighted by molar-refractivity contribution is 0.321. The summed E-state index contributed by atoms with van der Waals surface area (Å²) in [6.45, 7) is 9.97. The molecule has 118 valence electrons. The van der Waals surface area contributed by atoms with Crippen molar-refractivity contribution in [3.8, 4) is 0 Å². The minimum atomic E-state index is 0.174. The zero-order valence-electron chi connectivity index (χ0n) is 14.4. The van der Waals surface area contributed by atoms with Gasteiger partial charge in [-0.25, -0.2) is 0 Å². The first kappa shape index (κ1) is 16.4. The third-order valence-electron chi connectivity index (χ3n) is 4.73. The van der Waals surface area contributed by atoms with Crippen LogP contribution >= 0.6 is 0 Å². The summed E-state index contributed by atoms with van der Waals surface area (Å²) in [6.07, 6.45) is 5.50. The van der Waals surface area contributed by atoms with Crippen LogP contribution in [0.1, 0.15) is 58.9 Å². The Bertz CT molecular complexity index is 430. The van der Waals surface area contributed by atoms with E-state index in [1.807, 2.05) is 0 Å². The van der Waals surface area contributed by atoms with Crippen molar-refractivity contribution in [2.45, 2.75) is 71.5 Å². The number of nitrogens with zero attached hydrogens (tertiary/aromatic N) is 1. The Labute approximate surface area is 130 Å². The smallest absolute Gasteiger partial charge is 0.0366 e. The van der Waals surface area contributed by atoms with Gasteiger partial charge in [0.05, 0.1) is 0 Å². The molecule has 1 saturated carbocycles.